The minimum Gasteiger partial charge on any atom is -0.275 e. The zero-order valence-electron chi connectivity index (χ0n) is 7.11. The van der Waals surface area contributed by atoms with Crippen LogP contribution in [0.3, 0.4) is 0 Å². The van der Waals surface area contributed by atoms with Gasteiger partial charge in [0.25, 0.3) is 0 Å². The summed E-state index contributed by atoms with van der Waals surface area (Å²) in [6.45, 7) is 0. The molecule has 0 atom stereocenters. The van der Waals surface area contributed by atoms with Gasteiger partial charge >= 0.3 is 0 Å². The van der Waals surface area contributed by atoms with Crippen LogP contribution in [0.4, 0.5) is 0 Å². The molecule has 13 heavy (non-hydrogen) atoms. The summed E-state index contributed by atoms with van der Waals surface area (Å²) in [5, 5.41) is 4.08. The minimum atomic E-state index is 0.933. The van der Waals surface area contributed by atoms with Crippen LogP contribution in [-0.2, 0) is 7.05 Å². The van der Waals surface area contributed by atoms with Crippen molar-refractivity contribution in [1.29, 1.82) is 0 Å². The number of halogens is 1. The Balaban J connectivity index is 2.46. The van der Waals surface area contributed by atoms with Crippen molar-refractivity contribution in [3.8, 4) is 11.3 Å². The SMILES string of the molecule is Cn1cc(-c2cc(Br)ccn2)cn1. The monoisotopic (exact) mass is 237 g/mol. The largest absolute Gasteiger partial charge is 0.275 e. The molecule has 2 aromatic heterocycles. The van der Waals surface area contributed by atoms with Gasteiger partial charge in [-0.2, -0.15) is 5.10 Å². The first-order valence-electron chi connectivity index (χ1n) is 3.86. The molecular weight excluding hydrogens is 230 g/mol. The maximum Gasteiger partial charge on any atom is 0.0744 e. The van der Waals surface area contributed by atoms with E-state index in [-0.39, 0.29) is 0 Å². The molecule has 2 rings (SSSR count). The highest BCUT2D eigenvalue weighted by Crippen LogP contribution is 2.19. The minimum absolute atomic E-state index is 0.933. The lowest BCUT2D eigenvalue weighted by Gasteiger charge is -1.95. The number of hydrogen-bond donors (Lipinski definition) is 0. The lowest BCUT2D eigenvalue weighted by atomic mass is 10.2. The fraction of sp³-hybridized carbons (Fsp3) is 0.111. The third-order valence-electron chi connectivity index (χ3n) is 1.72. The van der Waals surface area contributed by atoms with Crippen molar-refractivity contribution in [2.24, 2.45) is 7.05 Å². The lowest BCUT2D eigenvalue weighted by Crippen LogP contribution is -1.84. The van der Waals surface area contributed by atoms with Crippen LogP contribution in [0, 0.1) is 0 Å². The van der Waals surface area contributed by atoms with Gasteiger partial charge in [0, 0.05) is 29.5 Å². The molecule has 0 spiro atoms. The van der Waals surface area contributed by atoms with Gasteiger partial charge in [-0.3, -0.25) is 9.67 Å². The Morgan fingerprint density at radius 3 is 2.92 bits per heavy atom. The third kappa shape index (κ3) is 1.78. The Morgan fingerprint density at radius 1 is 1.46 bits per heavy atom. The van der Waals surface area contributed by atoms with Gasteiger partial charge < -0.3 is 0 Å². The number of rotatable bonds is 1. The van der Waals surface area contributed by atoms with Gasteiger partial charge in [-0.15, -0.1) is 0 Å². The molecular formula is C9H8BrN3. The molecule has 2 aromatic rings. The van der Waals surface area contributed by atoms with E-state index in [0.717, 1.165) is 15.7 Å². The predicted octanol–water partition coefficient (Wildman–Crippen LogP) is 2.24. The summed E-state index contributed by atoms with van der Waals surface area (Å²) in [6, 6.07) is 3.87. The van der Waals surface area contributed by atoms with E-state index >= 15 is 0 Å². The van der Waals surface area contributed by atoms with Crippen LogP contribution in [0.2, 0.25) is 0 Å². The van der Waals surface area contributed by atoms with Crippen LogP contribution >= 0.6 is 15.9 Å². The van der Waals surface area contributed by atoms with Crippen molar-refractivity contribution in [1.82, 2.24) is 14.8 Å². The molecule has 0 saturated carbocycles. The average Bonchev–Trinajstić information content (AvgIpc) is 2.52. The summed E-state index contributed by atoms with van der Waals surface area (Å²) in [4.78, 5) is 4.24. The second-order valence-electron chi connectivity index (χ2n) is 2.76. The fourth-order valence-electron chi connectivity index (χ4n) is 1.12. The van der Waals surface area contributed by atoms with Crippen LogP contribution in [-0.4, -0.2) is 14.8 Å². The Kier molecular flexibility index (Phi) is 2.14. The molecule has 0 fully saturated rings. The van der Waals surface area contributed by atoms with E-state index in [1.807, 2.05) is 25.4 Å². The number of aryl methyl sites for hydroxylation is 1. The molecule has 0 aliphatic rings. The van der Waals surface area contributed by atoms with E-state index in [1.54, 1.807) is 17.1 Å². The van der Waals surface area contributed by atoms with Crippen LogP contribution in [0.5, 0.6) is 0 Å². The molecule has 0 N–H and O–H groups in total. The highest BCUT2D eigenvalue weighted by molar-refractivity contribution is 9.10. The smallest absolute Gasteiger partial charge is 0.0744 e. The quantitative estimate of drug-likeness (QED) is 0.762. The van der Waals surface area contributed by atoms with E-state index in [1.165, 1.54) is 0 Å². The molecule has 2 heterocycles. The maximum absolute atomic E-state index is 4.24. The molecule has 0 aliphatic heterocycles. The van der Waals surface area contributed by atoms with Gasteiger partial charge in [-0.05, 0) is 12.1 Å². The Morgan fingerprint density at radius 2 is 2.31 bits per heavy atom. The average molecular weight is 238 g/mol. The second-order valence-corrected chi connectivity index (χ2v) is 3.68. The highest BCUT2D eigenvalue weighted by Gasteiger charge is 2.01. The number of aromatic nitrogens is 3. The standard InChI is InChI=1S/C9H8BrN3/c1-13-6-7(5-12-13)9-4-8(10)2-3-11-9/h2-6H,1H3. The van der Waals surface area contributed by atoms with Crippen LogP contribution in [0.25, 0.3) is 11.3 Å². The van der Waals surface area contributed by atoms with Crippen LogP contribution < -0.4 is 0 Å². The van der Waals surface area contributed by atoms with Crippen molar-refractivity contribution < 1.29 is 0 Å². The first kappa shape index (κ1) is 8.44. The summed E-state index contributed by atoms with van der Waals surface area (Å²) in [6.07, 6.45) is 5.51. The van der Waals surface area contributed by atoms with Gasteiger partial charge in [-0.25, -0.2) is 0 Å². The normalized spacial score (nSPS) is 10.3. The summed E-state index contributed by atoms with van der Waals surface area (Å²) in [5.74, 6) is 0. The zero-order chi connectivity index (χ0) is 9.26. The molecule has 0 unspecified atom stereocenters. The van der Waals surface area contributed by atoms with E-state index in [0.29, 0.717) is 0 Å². The van der Waals surface area contributed by atoms with E-state index in [9.17, 15) is 0 Å². The molecule has 0 bridgehead atoms. The van der Waals surface area contributed by atoms with Crippen molar-refractivity contribution in [3.63, 3.8) is 0 Å². The Bertz CT molecular complexity index is 422. The molecule has 3 nitrogen and oxygen atoms in total. The van der Waals surface area contributed by atoms with Gasteiger partial charge in [0.15, 0.2) is 0 Å². The highest BCUT2D eigenvalue weighted by atomic mass is 79.9. The fourth-order valence-corrected chi connectivity index (χ4v) is 1.45. The van der Waals surface area contributed by atoms with E-state index in [4.69, 9.17) is 0 Å². The first-order chi connectivity index (χ1) is 6.25. The lowest BCUT2D eigenvalue weighted by molar-refractivity contribution is 0.768. The van der Waals surface area contributed by atoms with Crippen LogP contribution in [0.1, 0.15) is 0 Å². The van der Waals surface area contributed by atoms with Crippen LogP contribution in [0.15, 0.2) is 35.2 Å². The van der Waals surface area contributed by atoms with Crippen molar-refractivity contribution >= 4 is 15.9 Å². The number of pyridine rings is 1. The maximum atomic E-state index is 4.24. The molecule has 0 saturated heterocycles. The topological polar surface area (TPSA) is 30.7 Å². The van der Waals surface area contributed by atoms with Gasteiger partial charge in [0.05, 0.1) is 11.9 Å². The molecule has 0 aliphatic carbocycles. The summed E-state index contributed by atoms with van der Waals surface area (Å²) < 4.78 is 2.79. The summed E-state index contributed by atoms with van der Waals surface area (Å²) in [5.41, 5.74) is 1.96. The summed E-state index contributed by atoms with van der Waals surface area (Å²) in [7, 11) is 1.89. The predicted molar refractivity (Wildman–Crippen MR) is 54.1 cm³/mol. The summed E-state index contributed by atoms with van der Waals surface area (Å²) >= 11 is 3.40. The second kappa shape index (κ2) is 3.30. The van der Waals surface area contributed by atoms with Gasteiger partial charge in [0.2, 0.25) is 0 Å². The Hall–Kier alpha value is -1.16. The van der Waals surface area contributed by atoms with Gasteiger partial charge in [-0.1, -0.05) is 15.9 Å². The third-order valence-corrected chi connectivity index (χ3v) is 2.22. The van der Waals surface area contributed by atoms with Crippen molar-refractivity contribution in [2.45, 2.75) is 0 Å². The number of nitrogens with zero attached hydrogens (tertiary/aromatic N) is 3. The Labute approximate surface area is 84.5 Å². The van der Waals surface area contributed by atoms with E-state index < -0.39 is 0 Å². The molecule has 66 valence electrons. The molecule has 0 aromatic carbocycles. The number of hydrogen-bond acceptors (Lipinski definition) is 2. The molecule has 0 radical (unpaired) electrons. The molecule has 0 amide bonds. The first-order valence-corrected chi connectivity index (χ1v) is 4.65. The van der Waals surface area contributed by atoms with Gasteiger partial charge in [0.1, 0.15) is 0 Å². The van der Waals surface area contributed by atoms with E-state index in [2.05, 4.69) is 26.0 Å². The molecule has 4 heteroatoms. The van der Waals surface area contributed by atoms with Crippen molar-refractivity contribution in [2.75, 3.05) is 0 Å². The zero-order valence-corrected chi connectivity index (χ0v) is 8.69. The van der Waals surface area contributed by atoms with Crippen molar-refractivity contribution in [3.05, 3.63) is 35.2 Å².